The van der Waals surface area contributed by atoms with Gasteiger partial charge in [0.15, 0.2) is 0 Å². The predicted molar refractivity (Wildman–Crippen MR) is 83.2 cm³/mol. The number of nitrogens with one attached hydrogen (secondary N) is 1. The van der Waals surface area contributed by atoms with E-state index in [1.54, 1.807) is 0 Å². The summed E-state index contributed by atoms with van der Waals surface area (Å²) in [7, 11) is 2.11. The summed E-state index contributed by atoms with van der Waals surface area (Å²) >= 11 is 0. The summed E-state index contributed by atoms with van der Waals surface area (Å²) in [5.41, 5.74) is 5.77. The SMILES string of the molecule is CNC(Cc1c(C)cc(C)cc1C)C1CC2CCC1O2. The van der Waals surface area contributed by atoms with Gasteiger partial charge in [0, 0.05) is 12.0 Å². The summed E-state index contributed by atoms with van der Waals surface area (Å²) in [4.78, 5) is 0. The third-order valence-electron chi connectivity index (χ3n) is 5.31. The normalized spacial score (nSPS) is 29.9. The Labute approximate surface area is 122 Å². The van der Waals surface area contributed by atoms with Gasteiger partial charge in [-0.15, -0.1) is 0 Å². The molecular weight excluding hydrogens is 246 g/mol. The maximum atomic E-state index is 6.04. The highest BCUT2D eigenvalue weighted by Gasteiger charge is 2.43. The van der Waals surface area contributed by atoms with E-state index in [4.69, 9.17) is 4.74 Å². The van der Waals surface area contributed by atoms with E-state index in [-0.39, 0.29) is 0 Å². The van der Waals surface area contributed by atoms with Crippen LogP contribution in [-0.4, -0.2) is 25.3 Å². The molecule has 110 valence electrons. The average molecular weight is 273 g/mol. The Hall–Kier alpha value is -0.860. The number of hydrogen-bond donors (Lipinski definition) is 1. The van der Waals surface area contributed by atoms with Crippen molar-refractivity contribution in [3.05, 3.63) is 34.4 Å². The van der Waals surface area contributed by atoms with Gasteiger partial charge in [-0.3, -0.25) is 0 Å². The van der Waals surface area contributed by atoms with Crippen molar-refractivity contribution in [2.45, 2.75) is 64.7 Å². The second kappa shape index (κ2) is 5.50. The summed E-state index contributed by atoms with van der Waals surface area (Å²) in [5, 5.41) is 3.57. The van der Waals surface area contributed by atoms with Gasteiger partial charge in [-0.05, 0) is 70.2 Å². The maximum Gasteiger partial charge on any atom is 0.0623 e. The summed E-state index contributed by atoms with van der Waals surface area (Å²) < 4.78 is 6.04. The summed E-state index contributed by atoms with van der Waals surface area (Å²) in [6.45, 7) is 6.68. The molecule has 0 amide bonds. The van der Waals surface area contributed by atoms with Crippen LogP contribution in [0, 0.1) is 26.7 Å². The topological polar surface area (TPSA) is 21.3 Å². The van der Waals surface area contributed by atoms with Crippen LogP contribution in [0.1, 0.15) is 41.5 Å². The molecular formula is C18H27NO. The summed E-state index contributed by atoms with van der Waals surface area (Å²) in [6.07, 6.45) is 5.97. The molecule has 0 aromatic heterocycles. The Balaban J connectivity index is 1.78. The maximum absolute atomic E-state index is 6.04. The van der Waals surface area contributed by atoms with E-state index < -0.39 is 0 Å². The van der Waals surface area contributed by atoms with Gasteiger partial charge in [-0.1, -0.05) is 17.7 Å². The quantitative estimate of drug-likeness (QED) is 0.908. The molecule has 2 heteroatoms. The Morgan fingerprint density at radius 1 is 1.20 bits per heavy atom. The molecule has 0 aliphatic carbocycles. The molecule has 2 heterocycles. The Morgan fingerprint density at radius 3 is 2.40 bits per heavy atom. The molecule has 3 rings (SSSR count). The molecule has 1 N–H and O–H groups in total. The molecule has 0 saturated carbocycles. The molecule has 2 fully saturated rings. The van der Waals surface area contributed by atoms with Gasteiger partial charge >= 0.3 is 0 Å². The van der Waals surface area contributed by atoms with Gasteiger partial charge in [0.2, 0.25) is 0 Å². The minimum Gasteiger partial charge on any atom is -0.375 e. The van der Waals surface area contributed by atoms with Crippen LogP contribution >= 0.6 is 0 Å². The van der Waals surface area contributed by atoms with Crippen LogP contribution in [-0.2, 0) is 11.2 Å². The lowest BCUT2D eigenvalue weighted by atomic mass is 9.80. The van der Waals surface area contributed by atoms with E-state index in [0.29, 0.717) is 24.2 Å². The van der Waals surface area contributed by atoms with Crippen LogP contribution in [0.15, 0.2) is 12.1 Å². The van der Waals surface area contributed by atoms with E-state index >= 15 is 0 Å². The fourth-order valence-electron chi connectivity index (χ4n) is 4.32. The molecule has 20 heavy (non-hydrogen) atoms. The van der Waals surface area contributed by atoms with Crippen molar-refractivity contribution in [3.63, 3.8) is 0 Å². The monoisotopic (exact) mass is 273 g/mol. The molecule has 2 saturated heterocycles. The zero-order chi connectivity index (χ0) is 14.3. The van der Waals surface area contributed by atoms with Gasteiger partial charge < -0.3 is 10.1 Å². The second-order valence-electron chi connectivity index (χ2n) is 6.75. The van der Waals surface area contributed by atoms with E-state index in [1.165, 1.54) is 41.5 Å². The molecule has 0 spiro atoms. The second-order valence-corrected chi connectivity index (χ2v) is 6.75. The molecule has 2 aliphatic heterocycles. The summed E-state index contributed by atoms with van der Waals surface area (Å²) in [5.74, 6) is 0.693. The predicted octanol–water partition coefficient (Wildman–Crippen LogP) is 3.31. The number of likely N-dealkylation sites (N-methyl/N-ethyl adjacent to an activating group) is 1. The van der Waals surface area contributed by atoms with Crippen molar-refractivity contribution >= 4 is 0 Å². The highest BCUT2D eigenvalue weighted by molar-refractivity contribution is 5.38. The van der Waals surface area contributed by atoms with Crippen molar-refractivity contribution in [2.75, 3.05) is 7.05 Å². The first-order valence-electron chi connectivity index (χ1n) is 7.98. The average Bonchev–Trinajstić information content (AvgIpc) is 3.00. The molecule has 2 aliphatic rings. The number of hydrogen-bond acceptors (Lipinski definition) is 2. The number of rotatable bonds is 4. The lowest BCUT2D eigenvalue weighted by molar-refractivity contribution is 0.0863. The fourth-order valence-corrected chi connectivity index (χ4v) is 4.32. The van der Waals surface area contributed by atoms with Crippen LogP contribution < -0.4 is 5.32 Å². The number of benzene rings is 1. The van der Waals surface area contributed by atoms with Crippen LogP contribution in [0.5, 0.6) is 0 Å². The number of fused-ring (bicyclic) bond motifs is 2. The minimum atomic E-state index is 0.503. The molecule has 1 aromatic carbocycles. The van der Waals surface area contributed by atoms with Crippen molar-refractivity contribution in [1.29, 1.82) is 0 Å². The first-order chi connectivity index (χ1) is 9.58. The fraction of sp³-hybridized carbons (Fsp3) is 0.667. The van der Waals surface area contributed by atoms with E-state index in [9.17, 15) is 0 Å². The van der Waals surface area contributed by atoms with Crippen LogP contribution in [0.2, 0.25) is 0 Å². The largest absolute Gasteiger partial charge is 0.375 e. The Bertz CT molecular complexity index is 473. The third-order valence-corrected chi connectivity index (χ3v) is 5.31. The first-order valence-corrected chi connectivity index (χ1v) is 7.98. The van der Waals surface area contributed by atoms with Gasteiger partial charge in [0.25, 0.3) is 0 Å². The van der Waals surface area contributed by atoms with Crippen molar-refractivity contribution in [1.82, 2.24) is 5.32 Å². The third kappa shape index (κ3) is 2.51. The molecule has 4 atom stereocenters. The smallest absolute Gasteiger partial charge is 0.0623 e. The molecule has 1 aromatic rings. The molecule has 4 unspecified atom stereocenters. The van der Waals surface area contributed by atoms with Gasteiger partial charge in [0.1, 0.15) is 0 Å². The number of ether oxygens (including phenoxy) is 1. The molecule has 2 bridgehead atoms. The van der Waals surface area contributed by atoms with Crippen molar-refractivity contribution in [3.8, 4) is 0 Å². The van der Waals surface area contributed by atoms with Gasteiger partial charge in [-0.2, -0.15) is 0 Å². The lowest BCUT2D eigenvalue weighted by Gasteiger charge is -2.29. The lowest BCUT2D eigenvalue weighted by Crippen LogP contribution is -2.40. The van der Waals surface area contributed by atoms with Gasteiger partial charge in [-0.25, -0.2) is 0 Å². The zero-order valence-corrected chi connectivity index (χ0v) is 13.2. The summed E-state index contributed by atoms with van der Waals surface area (Å²) in [6, 6.07) is 5.17. The first kappa shape index (κ1) is 14.1. The van der Waals surface area contributed by atoms with Gasteiger partial charge in [0.05, 0.1) is 12.2 Å². The van der Waals surface area contributed by atoms with E-state index in [0.717, 1.165) is 6.42 Å². The highest BCUT2D eigenvalue weighted by atomic mass is 16.5. The minimum absolute atomic E-state index is 0.503. The van der Waals surface area contributed by atoms with Crippen molar-refractivity contribution < 1.29 is 4.74 Å². The molecule has 0 radical (unpaired) electrons. The van der Waals surface area contributed by atoms with Crippen LogP contribution in [0.25, 0.3) is 0 Å². The van der Waals surface area contributed by atoms with E-state index in [2.05, 4.69) is 45.3 Å². The Kier molecular flexibility index (Phi) is 3.87. The number of aryl methyl sites for hydroxylation is 3. The van der Waals surface area contributed by atoms with Crippen LogP contribution in [0.3, 0.4) is 0 Å². The van der Waals surface area contributed by atoms with E-state index in [1.807, 2.05) is 0 Å². The highest BCUT2D eigenvalue weighted by Crippen LogP contribution is 2.41. The molecule has 2 nitrogen and oxygen atoms in total. The van der Waals surface area contributed by atoms with Crippen molar-refractivity contribution in [2.24, 2.45) is 5.92 Å². The van der Waals surface area contributed by atoms with Crippen LogP contribution in [0.4, 0.5) is 0 Å². The Morgan fingerprint density at radius 2 is 1.90 bits per heavy atom. The standard InChI is InChI=1S/C18H27NO/c1-11-7-12(2)15(13(3)8-11)10-17(19-4)16-9-14-5-6-18(16)20-14/h7-8,14,16-19H,5-6,9-10H2,1-4H3. The zero-order valence-electron chi connectivity index (χ0n) is 13.2.